The van der Waals surface area contributed by atoms with Gasteiger partial charge in [0.2, 0.25) is 5.95 Å². The molecule has 4 heterocycles. The average molecular weight is 380 g/mol. The van der Waals surface area contributed by atoms with Gasteiger partial charge < -0.3 is 10.2 Å². The van der Waals surface area contributed by atoms with Crippen LogP contribution in [0.25, 0.3) is 11.3 Å². The van der Waals surface area contributed by atoms with Gasteiger partial charge in [-0.1, -0.05) is 12.1 Å². The van der Waals surface area contributed by atoms with Crippen LogP contribution in [0, 0.1) is 5.95 Å². The van der Waals surface area contributed by atoms with Gasteiger partial charge in [-0.3, -0.25) is 0 Å². The van der Waals surface area contributed by atoms with Crippen LogP contribution in [-0.2, 0) is 6.42 Å². The number of carbonyl (C=O) groups is 1. The molecule has 2 bridgehead atoms. The molecule has 1 aromatic carbocycles. The Labute approximate surface area is 159 Å². The second-order valence-electron chi connectivity index (χ2n) is 6.91. The van der Waals surface area contributed by atoms with Crippen LogP contribution in [0.2, 0.25) is 0 Å². The Morgan fingerprint density at radius 2 is 2.04 bits per heavy atom. The van der Waals surface area contributed by atoms with E-state index in [9.17, 15) is 9.18 Å². The molecule has 2 atom stereocenters. The molecule has 7 heteroatoms. The number of thiazole rings is 1. The smallest absolute Gasteiger partial charge is 0.314 e. The topological polar surface area (TPSA) is 58.1 Å². The number of fused-ring (bicyclic) bond motifs is 4. The maximum atomic E-state index is 14.0. The summed E-state index contributed by atoms with van der Waals surface area (Å²) in [6.07, 6.45) is 3.76. The highest BCUT2D eigenvalue weighted by atomic mass is 32.1. The largest absolute Gasteiger partial charge is 0.322 e. The maximum absolute atomic E-state index is 14.0. The zero-order chi connectivity index (χ0) is 18.4. The lowest BCUT2D eigenvalue weighted by molar-refractivity contribution is 0.178. The number of anilines is 1. The fourth-order valence-electron chi connectivity index (χ4n) is 4.19. The van der Waals surface area contributed by atoms with Crippen molar-refractivity contribution >= 4 is 23.1 Å². The average Bonchev–Trinajstić information content (AvgIpc) is 3.31. The van der Waals surface area contributed by atoms with Gasteiger partial charge in [-0.15, -0.1) is 11.3 Å². The van der Waals surface area contributed by atoms with Crippen molar-refractivity contribution in [3.63, 3.8) is 0 Å². The fraction of sp³-hybridized carbons (Fsp3) is 0.250. The van der Waals surface area contributed by atoms with Gasteiger partial charge in [-0.25, -0.2) is 14.8 Å². The van der Waals surface area contributed by atoms with Gasteiger partial charge in [0.05, 0.1) is 17.2 Å². The summed E-state index contributed by atoms with van der Waals surface area (Å²) >= 11 is 1.55. The number of hydrogen-bond donors (Lipinski definition) is 1. The van der Waals surface area contributed by atoms with Gasteiger partial charge in [0.25, 0.3) is 0 Å². The first-order valence-electron chi connectivity index (χ1n) is 8.92. The second kappa shape index (κ2) is 6.42. The number of nitrogens with one attached hydrogen (secondary N) is 1. The van der Waals surface area contributed by atoms with Crippen LogP contribution in [0.1, 0.15) is 30.0 Å². The standard InChI is InChI=1S/C20H17FN4OS/c21-19-16-9-14-5-6-18(15(16)7-8-22-19)25(14)20(26)24-13-3-1-12(2-4-13)17-10-27-11-23-17/h1-4,7-8,10-11,14,18H,5-6,9H2,(H,24,26). The summed E-state index contributed by atoms with van der Waals surface area (Å²) in [5.41, 5.74) is 6.05. The van der Waals surface area contributed by atoms with Crippen molar-refractivity contribution in [3.8, 4) is 11.3 Å². The molecule has 5 rings (SSSR count). The number of carbonyl (C=O) groups excluding carboxylic acids is 1. The number of amides is 2. The Hall–Kier alpha value is -2.80. The number of halogens is 1. The minimum atomic E-state index is -0.401. The molecule has 0 aliphatic carbocycles. The van der Waals surface area contributed by atoms with Gasteiger partial charge in [0.1, 0.15) is 0 Å². The van der Waals surface area contributed by atoms with E-state index in [1.807, 2.05) is 40.6 Å². The Morgan fingerprint density at radius 3 is 2.81 bits per heavy atom. The Balaban J connectivity index is 1.36. The molecule has 2 aromatic heterocycles. The molecule has 2 aliphatic rings. The fourth-order valence-corrected chi connectivity index (χ4v) is 4.76. The van der Waals surface area contributed by atoms with E-state index in [0.29, 0.717) is 12.0 Å². The van der Waals surface area contributed by atoms with Gasteiger partial charge in [-0.05, 0) is 43.0 Å². The Kier molecular flexibility index (Phi) is 3.89. The minimum absolute atomic E-state index is 0.0236. The number of nitrogens with zero attached hydrogens (tertiary/aromatic N) is 3. The van der Waals surface area contributed by atoms with E-state index in [1.54, 1.807) is 16.8 Å². The Bertz CT molecular complexity index is 990. The lowest BCUT2D eigenvalue weighted by Gasteiger charge is -2.36. The van der Waals surface area contributed by atoms with E-state index in [2.05, 4.69) is 15.3 Å². The molecule has 0 spiro atoms. The Morgan fingerprint density at radius 1 is 1.19 bits per heavy atom. The second-order valence-corrected chi connectivity index (χ2v) is 7.63. The van der Waals surface area contributed by atoms with Crippen LogP contribution in [0.3, 0.4) is 0 Å². The minimum Gasteiger partial charge on any atom is -0.314 e. The normalized spacial score (nSPS) is 20.4. The van der Waals surface area contributed by atoms with Crippen LogP contribution in [0.5, 0.6) is 0 Å². The lowest BCUT2D eigenvalue weighted by atomic mass is 9.95. The maximum Gasteiger partial charge on any atom is 0.322 e. The molecule has 1 fully saturated rings. The van der Waals surface area contributed by atoms with Gasteiger partial charge >= 0.3 is 6.03 Å². The molecule has 2 aliphatic heterocycles. The third kappa shape index (κ3) is 2.78. The summed E-state index contributed by atoms with van der Waals surface area (Å²) in [4.78, 5) is 22.9. The van der Waals surface area contributed by atoms with Gasteiger partial charge in [0.15, 0.2) is 0 Å². The van der Waals surface area contributed by atoms with Crippen molar-refractivity contribution in [2.24, 2.45) is 0 Å². The van der Waals surface area contributed by atoms with Crippen LogP contribution >= 0.6 is 11.3 Å². The van der Waals surface area contributed by atoms with Crippen molar-refractivity contribution < 1.29 is 9.18 Å². The molecule has 27 heavy (non-hydrogen) atoms. The van der Waals surface area contributed by atoms with Crippen LogP contribution in [0.4, 0.5) is 14.9 Å². The summed E-state index contributed by atoms with van der Waals surface area (Å²) < 4.78 is 14.0. The molecule has 1 N–H and O–H groups in total. The summed E-state index contributed by atoms with van der Waals surface area (Å²) in [6.45, 7) is 0. The third-order valence-corrected chi connectivity index (χ3v) is 6.03. The number of hydrogen-bond acceptors (Lipinski definition) is 4. The van der Waals surface area contributed by atoms with E-state index in [-0.39, 0.29) is 18.1 Å². The first-order valence-corrected chi connectivity index (χ1v) is 9.86. The molecule has 1 saturated heterocycles. The van der Waals surface area contributed by atoms with Crippen LogP contribution in [0.15, 0.2) is 47.4 Å². The molecular weight excluding hydrogens is 363 g/mol. The summed E-state index contributed by atoms with van der Waals surface area (Å²) in [5, 5.41) is 4.98. The first kappa shape index (κ1) is 16.4. The zero-order valence-corrected chi connectivity index (χ0v) is 15.2. The van der Waals surface area contributed by atoms with E-state index < -0.39 is 5.95 Å². The van der Waals surface area contributed by atoms with Gasteiger partial charge in [-0.2, -0.15) is 4.39 Å². The van der Waals surface area contributed by atoms with E-state index >= 15 is 0 Å². The summed E-state index contributed by atoms with van der Waals surface area (Å²) in [7, 11) is 0. The van der Waals surface area contributed by atoms with Gasteiger partial charge in [0, 0.05) is 34.4 Å². The highest BCUT2D eigenvalue weighted by Gasteiger charge is 2.43. The van der Waals surface area contributed by atoms with E-state index in [1.165, 1.54) is 6.20 Å². The SMILES string of the molecule is O=C(Nc1ccc(-c2cscn2)cc1)N1C2CCC1c1ccnc(F)c1C2. The molecule has 136 valence electrons. The number of benzene rings is 1. The summed E-state index contributed by atoms with van der Waals surface area (Å²) in [5.74, 6) is -0.401. The highest BCUT2D eigenvalue weighted by Crippen LogP contribution is 2.44. The molecule has 0 radical (unpaired) electrons. The third-order valence-electron chi connectivity index (χ3n) is 5.44. The number of pyridine rings is 1. The van der Waals surface area contributed by atoms with E-state index in [0.717, 1.165) is 35.3 Å². The number of rotatable bonds is 2. The predicted molar refractivity (Wildman–Crippen MR) is 102 cm³/mol. The molecule has 2 unspecified atom stereocenters. The first-order chi connectivity index (χ1) is 13.2. The van der Waals surface area contributed by atoms with Crippen LogP contribution < -0.4 is 5.32 Å². The number of urea groups is 1. The molecule has 2 amide bonds. The monoisotopic (exact) mass is 380 g/mol. The summed E-state index contributed by atoms with van der Waals surface area (Å²) in [6, 6.07) is 9.32. The van der Waals surface area contributed by atoms with Crippen LogP contribution in [-0.4, -0.2) is 26.9 Å². The van der Waals surface area contributed by atoms with Crippen molar-refractivity contribution in [3.05, 3.63) is 64.5 Å². The molecular formula is C20H17FN4OS. The number of aromatic nitrogens is 2. The molecule has 0 saturated carbocycles. The molecule has 3 aromatic rings. The predicted octanol–water partition coefficient (Wildman–Crippen LogP) is 4.64. The van der Waals surface area contributed by atoms with Crippen molar-refractivity contribution in [1.29, 1.82) is 0 Å². The quantitative estimate of drug-likeness (QED) is 0.659. The zero-order valence-electron chi connectivity index (χ0n) is 14.4. The van der Waals surface area contributed by atoms with Crippen molar-refractivity contribution in [1.82, 2.24) is 14.9 Å². The van der Waals surface area contributed by atoms with Crippen molar-refractivity contribution in [2.75, 3.05) is 5.32 Å². The van der Waals surface area contributed by atoms with E-state index in [4.69, 9.17) is 0 Å². The molecule has 5 nitrogen and oxygen atoms in total. The lowest BCUT2D eigenvalue weighted by Crippen LogP contribution is -2.44. The highest BCUT2D eigenvalue weighted by molar-refractivity contribution is 7.07. The van der Waals surface area contributed by atoms with Crippen molar-refractivity contribution in [2.45, 2.75) is 31.3 Å².